The van der Waals surface area contributed by atoms with Crippen LogP contribution in [0, 0.1) is 6.92 Å². The summed E-state index contributed by atoms with van der Waals surface area (Å²) in [5, 5.41) is 0. The van der Waals surface area contributed by atoms with Gasteiger partial charge in [0.1, 0.15) is 0 Å². The van der Waals surface area contributed by atoms with E-state index in [9.17, 15) is 0 Å². The molecule has 0 aromatic carbocycles. The fourth-order valence-electron chi connectivity index (χ4n) is 2.17. The van der Waals surface area contributed by atoms with Crippen molar-refractivity contribution in [1.82, 2.24) is 4.98 Å². The van der Waals surface area contributed by atoms with Gasteiger partial charge in [0.2, 0.25) is 0 Å². The van der Waals surface area contributed by atoms with Gasteiger partial charge in [0.15, 0.2) is 0 Å². The highest BCUT2D eigenvalue weighted by Crippen LogP contribution is 2.39. The van der Waals surface area contributed by atoms with Gasteiger partial charge in [-0.2, -0.15) is 0 Å². The molecule has 1 heteroatoms. The summed E-state index contributed by atoms with van der Waals surface area (Å²) in [7, 11) is 0. The Morgan fingerprint density at radius 2 is 2.00 bits per heavy atom. The van der Waals surface area contributed by atoms with Gasteiger partial charge >= 0.3 is 0 Å². The molecule has 0 saturated heterocycles. The summed E-state index contributed by atoms with van der Waals surface area (Å²) < 4.78 is 0. The standard InChI is InChI=1S/C11H15N/c1-7-6-8(2)11-10(7)5-4-9(3)12-11/h4-5,7-8H,6H2,1-3H3. The minimum absolute atomic E-state index is 0.662. The second-order valence-electron chi connectivity index (χ2n) is 3.96. The first-order valence-corrected chi connectivity index (χ1v) is 4.66. The number of hydrogen-bond acceptors (Lipinski definition) is 1. The molecule has 1 nitrogen and oxygen atoms in total. The topological polar surface area (TPSA) is 12.9 Å². The predicted molar refractivity (Wildman–Crippen MR) is 50.4 cm³/mol. The zero-order chi connectivity index (χ0) is 8.72. The SMILES string of the molecule is Cc1ccc2c(n1)C(C)CC2C. The van der Waals surface area contributed by atoms with Crippen molar-refractivity contribution >= 4 is 0 Å². The van der Waals surface area contributed by atoms with Gasteiger partial charge < -0.3 is 0 Å². The minimum atomic E-state index is 0.662. The van der Waals surface area contributed by atoms with Gasteiger partial charge in [-0.05, 0) is 36.8 Å². The molecule has 0 bridgehead atoms. The number of rotatable bonds is 0. The van der Waals surface area contributed by atoms with E-state index >= 15 is 0 Å². The summed E-state index contributed by atoms with van der Waals surface area (Å²) in [6.45, 7) is 6.63. The van der Waals surface area contributed by atoms with Gasteiger partial charge in [-0.1, -0.05) is 19.9 Å². The number of fused-ring (bicyclic) bond motifs is 1. The van der Waals surface area contributed by atoms with E-state index in [0.29, 0.717) is 11.8 Å². The number of aromatic nitrogens is 1. The number of hydrogen-bond donors (Lipinski definition) is 0. The number of nitrogens with zero attached hydrogens (tertiary/aromatic N) is 1. The zero-order valence-corrected chi connectivity index (χ0v) is 7.96. The molecule has 1 aliphatic rings. The molecule has 1 heterocycles. The molecule has 1 aromatic rings. The fourth-order valence-corrected chi connectivity index (χ4v) is 2.17. The van der Waals surface area contributed by atoms with Crippen molar-refractivity contribution in [3.8, 4) is 0 Å². The Bertz CT molecular complexity index is 304. The molecular weight excluding hydrogens is 146 g/mol. The van der Waals surface area contributed by atoms with Crippen molar-refractivity contribution in [2.45, 2.75) is 39.0 Å². The Hall–Kier alpha value is -0.850. The van der Waals surface area contributed by atoms with E-state index in [4.69, 9.17) is 0 Å². The van der Waals surface area contributed by atoms with Crippen LogP contribution in [0.3, 0.4) is 0 Å². The molecule has 0 fully saturated rings. The molecule has 2 rings (SSSR count). The summed E-state index contributed by atoms with van der Waals surface area (Å²) >= 11 is 0. The Labute approximate surface area is 73.8 Å². The fraction of sp³-hybridized carbons (Fsp3) is 0.545. The summed E-state index contributed by atoms with van der Waals surface area (Å²) in [5.41, 5.74) is 3.95. The smallest absolute Gasteiger partial charge is 0.0469 e. The summed E-state index contributed by atoms with van der Waals surface area (Å²) in [5.74, 6) is 1.37. The maximum atomic E-state index is 4.59. The largest absolute Gasteiger partial charge is 0.258 e. The minimum Gasteiger partial charge on any atom is -0.258 e. The molecule has 1 aromatic heterocycles. The normalized spacial score (nSPS) is 27.2. The molecule has 0 N–H and O–H groups in total. The van der Waals surface area contributed by atoms with Crippen molar-refractivity contribution in [3.63, 3.8) is 0 Å². The molecule has 0 aliphatic heterocycles. The van der Waals surface area contributed by atoms with Gasteiger partial charge in [-0.25, -0.2) is 0 Å². The maximum absolute atomic E-state index is 4.59. The highest BCUT2D eigenvalue weighted by molar-refractivity contribution is 5.33. The highest BCUT2D eigenvalue weighted by Gasteiger charge is 2.25. The van der Waals surface area contributed by atoms with E-state index in [1.165, 1.54) is 17.7 Å². The van der Waals surface area contributed by atoms with Crippen molar-refractivity contribution < 1.29 is 0 Å². The third-order valence-electron chi connectivity index (χ3n) is 2.80. The molecular formula is C11H15N. The maximum Gasteiger partial charge on any atom is 0.0469 e. The molecule has 0 radical (unpaired) electrons. The number of aryl methyl sites for hydroxylation is 1. The lowest BCUT2D eigenvalue weighted by Gasteiger charge is -2.03. The quantitative estimate of drug-likeness (QED) is 0.570. The van der Waals surface area contributed by atoms with Gasteiger partial charge in [-0.15, -0.1) is 0 Å². The monoisotopic (exact) mass is 161 g/mol. The first-order chi connectivity index (χ1) is 5.68. The first kappa shape index (κ1) is 7.78. The van der Waals surface area contributed by atoms with Gasteiger partial charge in [0, 0.05) is 11.4 Å². The van der Waals surface area contributed by atoms with Crippen LogP contribution in [0.1, 0.15) is 49.1 Å². The van der Waals surface area contributed by atoms with Crippen LogP contribution >= 0.6 is 0 Å². The molecule has 1 aliphatic carbocycles. The van der Waals surface area contributed by atoms with E-state index in [1.54, 1.807) is 0 Å². The Kier molecular flexibility index (Phi) is 1.67. The lowest BCUT2D eigenvalue weighted by molar-refractivity contribution is 0.654. The van der Waals surface area contributed by atoms with Crippen LogP contribution in [0.2, 0.25) is 0 Å². The van der Waals surface area contributed by atoms with Crippen molar-refractivity contribution in [2.24, 2.45) is 0 Å². The van der Waals surface area contributed by atoms with E-state index in [2.05, 4.69) is 37.9 Å². The van der Waals surface area contributed by atoms with E-state index < -0.39 is 0 Å². The van der Waals surface area contributed by atoms with Crippen LogP contribution in [-0.4, -0.2) is 4.98 Å². The summed E-state index contributed by atoms with van der Waals surface area (Å²) in [6.07, 6.45) is 1.27. The van der Waals surface area contributed by atoms with Gasteiger partial charge in [-0.3, -0.25) is 4.98 Å². The Balaban J connectivity index is 2.53. The zero-order valence-electron chi connectivity index (χ0n) is 7.96. The van der Waals surface area contributed by atoms with Crippen LogP contribution in [0.25, 0.3) is 0 Å². The third-order valence-corrected chi connectivity index (χ3v) is 2.80. The van der Waals surface area contributed by atoms with Crippen LogP contribution in [0.15, 0.2) is 12.1 Å². The third kappa shape index (κ3) is 1.04. The van der Waals surface area contributed by atoms with Crippen LogP contribution in [0.5, 0.6) is 0 Å². The number of pyridine rings is 1. The molecule has 0 spiro atoms. The molecule has 0 saturated carbocycles. The molecule has 64 valence electrons. The highest BCUT2D eigenvalue weighted by atomic mass is 14.7. The Morgan fingerprint density at radius 3 is 2.75 bits per heavy atom. The molecule has 2 atom stereocenters. The van der Waals surface area contributed by atoms with Crippen LogP contribution < -0.4 is 0 Å². The molecule has 2 unspecified atom stereocenters. The lowest BCUT2D eigenvalue weighted by atomic mass is 10.1. The van der Waals surface area contributed by atoms with Crippen molar-refractivity contribution in [3.05, 3.63) is 29.1 Å². The second-order valence-corrected chi connectivity index (χ2v) is 3.96. The average molecular weight is 161 g/mol. The van der Waals surface area contributed by atoms with Crippen LogP contribution in [-0.2, 0) is 0 Å². The molecule has 0 amide bonds. The van der Waals surface area contributed by atoms with Crippen molar-refractivity contribution in [2.75, 3.05) is 0 Å². The molecule has 12 heavy (non-hydrogen) atoms. The first-order valence-electron chi connectivity index (χ1n) is 4.66. The Morgan fingerprint density at radius 1 is 1.25 bits per heavy atom. The predicted octanol–water partition coefficient (Wildman–Crippen LogP) is 3.00. The van der Waals surface area contributed by atoms with Gasteiger partial charge in [0.05, 0.1) is 0 Å². The van der Waals surface area contributed by atoms with Gasteiger partial charge in [0.25, 0.3) is 0 Å². The lowest BCUT2D eigenvalue weighted by Crippen LogP contribution is -1.93. The van der Waals surface area contributed by atoms with Crippen LogP contribution in [0.4, 0.5) is 0 Å². The summed E-state index contributed by atoms with van der Waals surface area (Å²) in [4.78, 5) is 4.59. The summed E-state index contributed by atoms with van der Waals surface area (Å²) in [6, 6.07) is 4.36. The van der Waals surface area contributed by atoms with Crippen molar-refractivity contribution in [1.29, 1.82) is 0 Å². The van der Waals surface area contributed by atoms with E-state index in [1.807, 2.05) is 0 Å². The van der Waals surface area contributed by atoms with E-state index in [-0.39, 0.29) is 0 Å². The second kappa shape index (κ2) is 2.58. The average Bonchev–Trinajstić information content (AvgIpc) is 2.28. The van der Waals surface area contributed by atoms with E-state index in [0.717, 1.165) is 5.69 Å².